The Balaban J connectivity index is 1.58. The van der Waals surface area contributed by atoms with Gasteiger partial charge in [0.1, 0.15) is 6.61 Å². The number of fused-ring (bicyclic) bond motifs is 3. The van der Waals surface area contributed by atoms with Crippen LogP contribution in [0.25, 0.3) is 11.1 Å². The van der Waals surface area contributed by atoms with Gasteiger partial charge in [-0.15, -0.1) is 0 Å². The van der Waals surface area contributed by atoms with Gasteiger partial charge in [-0.1, -0.05) is 18.2 Å². The van der Waals surface area contributed by atoms with Crippen LogP contribution in [-0.2, 0) is 28.5 Å². The number of aliphatic hydroxyl groups excluding tert-OH is 1. The lowest BCUT2D eigenvalue weighted by molar-refractivity contribution is -0.121. The van der Waals surface area contributed by atoms with E-state index < -0.39 is 6.09 Å². The standard InChI is InChI=1S/C35H49N3O9/c1-24(14-16-39)46-19-5-7-32(40)25-10-12-27-28-13-11-26(22-30(28)31(29(27)21-25)23-47-35(43)36-2)38-34(42)9-4-8-33(41)37-15-20-45-18-6-17-44-3/h10-13,21-22,24,31,39H,4-9,14-20,23H2,1-3H3,(H,36,43)(H,37,41)(H,38,42). The van der Waals surface area contributed by atoms with Crippen molar-refractivity contribution < 1.29 is 43.2 Å². The van der Waals surface area contributed by atoms with Crippen LogP contribution in [0.2, 0.25) is 0 Å². The van der Waals surface area contributed by atoms with Gasteiger partial charge in [0.15, 0.2) is 5.78 Å². The number of ether oxygens (including phenoxy) is 4. The molecule has 2 aromatic carbocycles. The number of amides is 3. The number of aliphatic hydroxyl groups is 1. The molecule has 3 amide bonds. The van der Waals surface area contributed by atoms with Crippen LogP contribution in [0, 0.1) is 0 Å². The zero-order valence-electron chi connectivity index (χ0n) is 27.7. The smallest absolute Gasteiger partial charge is 0.406 e. The maximum Gasteiger partial charge on any atom is 0.406 e. The van der Waals surface area contributed by atoms with E-state index in [0.29, 0.717) is 69.9 Å². The Morgan fingerprint density at radius 3 is 2.36 bits per heavy atom. The summed E-state index contributed by atoms with van der Waals surface area (Å²) in [5.74, 6) is -0.694. The van der Waals surface area contributed by atoms with E-state index in [0.717, 1.165) is 28.7 Å². The minimum absolute atomic E-state index is 0.0129. The van der Waals surface area contributed by atoms with Crippen molar-refractivity contribution in [1.29, 1.82) is 0 Å². The molecule has 4 N–H and O–H groups in total. The molecule has 0 spiro atoms. The number of carbonyl (C=O) groups excluding carboxylic acids is 4. The number of hydrogen-bond donors (Lipinski definition) is 4. The second kappa shape index (κ2) is 20.4. The fourth-order valence-electron chi connectivity index (χ4n) is 5.34. The number of anilines is 1. The highest BCUT2D eigenvalue weighted by Crippen LogP contribution is 2.46. The molecule has 0 aliphatic heterocycles. The van der Waals surface area contributed by atoms with Gasteiger partial charge in [0.2, 0.25) is 11.8 Å². The fraction of sp³-hybridized carbons (Fsp3) is 0.543. The molecule has 1 aliphatic carbocycles. The average Bonchev–Trinajstić information content (AvgIpc) is 3.37. The highest BCUT2D eigenvalue weighted by molar-refractivity contribution is 5.98. The first-order chi connectivity index (χ1) is 22.8. The second-order valence-corrected chi connectivity index (χ2v) is 11.4. The third-order valence-electron chi connectivity index (χ3n) is 7.83. The van der Waals surface area contributed by atoms with E-state index in [-0.39, 0.29) is 55.7 Å². The average molecular weight is 656 g/mol. The molecular formula is C35H49N3O9. The van der Waals surface area contributed by atoms with Crippen LogP contribution in [0.4, 0.5) is 10.5 Å². The van der Waals surface area contributed by atoms with Crippen molar-refractivity contribution in [1.82, 2.24) is 10.6 Å². The highest BCUT2D eigenvalue weighted by atomic mass is 16.5. The van der Waals surface area contributed by atoms with Gasteiger partial charge in [-0.25, -0.2) is 4.79 Å². The Bertz CT molecular complexity index is 1330. The quantitative estimate of drug-likeness (QED) is 0.108. The summed E-state index contributed by atoms with van der Waals surface area (Å²) in [5.41, 5.74) is 4.78. The Morgan fingerprint density at radius 2 is 1.62 bits per heavy atom. The third kappa shape index (κ3) is 12.4. The molecule has 12 heteroatoms. The predicted octanol–water partition coefficient (Wildman–Crippen LogP) is 4.18. The van der Waals surface area contributed by atoms with Crippen molar-refractivity contribution >= 4 is 29.4 Å². The topological polar surface area (TPSA) is 162 Å². The minimum Gasteiger partial charge on any atom is -0.449 e. The monoisotopic (exact) mass is 655 g/mol. The van der Waals surface area contributed by atoms with Gasteiger partial charge in [-0.2, -0.15) is 0 Å². The molecule has 2 atom stereocenters. The lowest BCUT2D eigenvalue weighted by Gasteiger charge is -2.16. The van der Waals surface area contributed by atoms with Crippen LogP contribution in [0.1, 0.15) is 79.3 Å². The number of alkyl carbamates (subject to hydrolysis) is 1. The van der Waals surface area contributed by atoms with Crippen LogP contribution < -0.4 is 16.0 Å². The van der Waals surface area contributed by atoms with E-state index in [1.165, 1.54) is 7.05 Å². The summed E-state index contributed by atoms with van der Waals surface area (Å²) in [5, 5.41) is 17.2. The first-order valence-electron chi connectivity index (χ1n) is 16.3. The number of methoxy groups -OCH3 is 1. The van der Waals surface area contributed by atoms with Gasteiger partial charge >= 0.3 is 6.09 Å². The van der Waals surface area contributed by atoms with Gasteiger partial charge < -0.3 is 40.0 Å². The summed E-state index contributed by atoms with van der Waals surface area (Å²) < 4.78 is 21.5. The summed E-state index contributed by atoms with van der Waals surface area (Å²) >= 11 is 0. The molecule has 0 aromatic heterocycles. The first-order valence-corrected chi connectivity index (χ1v) is 16.3. The van der Waals surface area contributed by atoms with E-state index in [9.17, 15) is 19.2 Å². The molecule has 258 valence electrons. The number of rotatable bonds is 22. The number of Topliss-reactive ketones (excluding diaryl/α,β-unsaturated/α-hetero) is 1. The molecule has 0 heterocycles. The van der Waals surface area contributed by atoms with Gasteiger partial charge in [-0.05, 0) is 73.1 Å². The van der Waals surface area contributed by atoms with Crippen molar-refractivity contribution in [2.75, 3.05) is 65.7 Å². The first kappa shape index (κ1) is 37.6. The number of nitrogens with one attached hydrogen (secondary N) is 3. The fourth-order valence-corrected chi connectivity index (χ4v) is 5.34. The van der Waals surface area contributed by atoms with Crippen molar-refractivity contribution in [2.45, 2.75) is 63.9 Å². The maximum absolute atomic E-state index is 13.0. The molecule has 0 radical (unpaired) electrons. The Labute approximate surface area is 276 Å². The van der Waals surface area contributed by atoms with Gasteiger partial charge in [-0.3, -0.25) is 14.4 Å². The largest absolute Gasteiger partial charge is 0.449 e. The summed E-state index contributed by atoms with van der Waals surface area (Å²) in [7, 11) is 3.13. The Hall–Kier alpha value is -3.84. The molecular weight excluding hydrogens is 606 g/mol. The van der Waals surface area contributed by atoms with Gasteiger partial charge in [0, 0.05) is 83.6 Å². The summed E-state index contributed by atoms with van der Waals surface area (Å²) in [6, 6.07) is 11.2. The van der Waals surface area contributed by atoms with Crippen molar-refractivity contribution in [3.05, 3.63) is 53.1 Å². The molecule has 0 bridgehead atoms. The number of benzene rings is 2. The second-order valence-electron chi connectivity index (χ2n) is 11.4. The van der Waals surface area contributed by atoms with Crippen LogP contribution in [-0.4, -0.2) is 95.2 Å². The zero-order chi connectivity index (χ0) is 34.0. The minimum atomic E-state index is -0.564. The van der Waals surface area contributed by atoms with E-state index in [1.807, 2.05) is 43.3 Å². The summed E-state index contributed by atoms with van der Waals surface area (Å²) in [6.45, 7) is 4.48. The maximum atomic E-state index is 13.0. The van der Waals surface area contributed by atoms with Crippen molar-refractivity contribution in [3.8, 4) is 11.1 Å². The lowest BCUT2D eigenvalue weighted by atomic mass is 9.94. The molecule has 2 unspecified atom stereocenters. The third-order valence-corrected chi connectivity index (χ3v) is 7.83. The van der Waals surface area contributed by atoms with Gasteiger partial charge in [0.05, 0.1) is 12.7 Å². The molecule has 0 fully saturated rings. The van der Waals surface area contributed by atoms with Gasteiger partial charge in [0.25, 0.3) is 0 Å². The Kier molecular flexibility index (Phi) is 16.3. The van der Waals surface area contributed by atoms with Crippen LogP contribution >= 0.6 is 0 Å². The number of carbonyl (C=O) groups is 4. The number of hydrogen-bond acceptors (Lipinski definition) is 9. The molecule has 1 aliphatic rings. The highest BCUT2D eigenvalue weighted by Gasteiger charge is 2.31. The summed E-state index contributed by atoms with van der Waals surface area (Å²) in [4.78, 5) is 49.9. The van der Waals surface area contributed by atoms with E-state index in [1.54, 1.807) is 7.11 Å². The van der Waals surface area contributed by atoms with E-state index >= 15 is 0 Å². The van der Waals surface area contributed by atoms with E-state index in [2.05, 4.69) is 16.0 Å². The molecule has 47 heavy (non-hydrogen) atoms. The van der Waals surface area contributed by atoms with Crippen LogP contribution in [0.3, 0.4) is 0 Å². The van der Waals surface area contributed by atoms with Crippen molar-refractivity contribution in [3.63, 3.8) is 0 Å². The SMILES string of the molecule is CNC(=O)OCC1c2cc(NC(=O)CCCC(=O)NCCOCCCOC)ccc2-c2ccc(C(=O)CCCOC(C)CCO)cc21. The van der Waals surface area contributed by atoms with Crippen molar-refractivity contribution in [2.24, 2.45) is 0 Å². The molecule has 12 nitrogen and oxygen atoms in total. The van der Waals surface area contributed by atoms with Crippen LogP contribution in [0.15, 0.2) is 36.4 Å². The normalized spacial score (nSPS) is 13.7. The van der Waals surface area contributed by atoms with E-state index in [4.69, 9.17) is 24.1 Å². The summed E-state index contributed by atoms with van der Waals surface area (Å²) in [6.07, 6.45) is 2.41. The molecule has 2 aromatic rings. The Morgan fingerprint density at radius 1 is 0.872 bits per heavy atom. The zero-order valence-corrected chi connectivity index (χ0v) is 27.7. The predicted molar refractivity (Wildman–Crippen MR) is 178 cm³/mol. The number of ketones is 1. The van der Waals surface area contributed by atoms with Crippen LogP contribution in [0.5, 0.6) is 0 Å². The molecule has 3 rings (SSSR count). The molecule has 0 saturated carbocycles. The molecule has 0 saturated heterocycles. The lowest BCUT2D eigenvalue weighted by Crippen LogP contribution is -2.27.